The first-order chi connectivity index (χ1) is 11.1. The third kappa shape index (κ3) is 4.72. The maximum atomic E-state index is 12.4. The second kappa shape index (κ2) is 6.82. The number of aryl methyl sites for hydroxylation is 1. The first kappa shape index (κ1) is 18.3. The molecule has 4 nitrogen and oxygen atoms in total. The summed E-state index contributed by atoms with van der Waals surface area (Å²) in [4.78, 5) is -0.301. The lowest BCUT2D eigenvalue weighted by atomic mass is 10.0. The Labute approximate surface area is 138 Å². The van der Waals surface area contributed by atoms with Crippen molar-refractivity contribution in [2.24, 2.45) is 0 Å². The van der Waals surface area contributed by atoms with Crippen molar-refractivity contribution in [2.75, 3.05) is 0 Å². The first-order valence-electron chi connectivity index (χ1n) is 7.02. The highest BCUT2D eigenvalue weighted by molar-refractivity contribution is 7.89. The molecule has 0 aliphatic carbocycles. The van der Waals surface area contributed by atoms with Crippen LogP contribution in [0, 0.1) is 6.92 Å². The Bertz CT molecular complexity index is 819. The summed E-state index contributed by atoms with van der Waals surface area (Å²) in [7, 11) is -4.00. The molecule has 8 heteroatoms. The molecule has 2 rings (SSSR count). The second-order valence-corrected chi connectivity index (χ2v) is 6.94. The van der Waals surface area contributed by atoms with Crippen LogP contribution in [-0.2, 0) is 10.0 Å². The van der Waals surface area contributed by atoms with Crippen molar-refractivity contribution in [3.63, 3.8) is 0 Å². The van der Waals surface area contributed by atoms with E-state index < -0.39 is 28.2 Å². The zero-order valence-corrected chi connectivity index (χ0v) is 13.8. The molecule has 24 heavy (non-hydrogen) atoms. The Balaban J connectivity index is 2.24. The molecule has 0 amide bonds. The van der Waals surface area contributed by atoms with Gasteiger partial charge in [-0.3, -0.25) is 0 Å². The first-order valence-corrected chi connectivity index (χ1v) is 8.50. The number of hydrogen-bond acceptors (Lipinski definition) is 3. The van der Waals surface area contributed by atoms with Crippen LogP contribution in [0.4, 0.5) is 13.2 Å². The van der Waals surface area contributed by atoms with Gasteiger partial charge >= 0.3 is 6.36 Å². The van der Waals surface area contributed by atoms with Gasteiger partial charge in [-0.2, -0.15) is 0 Å². The third-order valence-electron chi connectivity index (χ3n) is 3.34. The number of benzene rings is 2. The molecule has 1 unspecified atom stereocenters. The van der Waals surface area contributed by atoms with Crippen molar-refractivity contribution in [1.82, 2.24) is 4.72 Å². The molecule has 0 spiro atoms. The van der Waals surface area contributed by atoms with Gasteiger partial charge in [0.2, 0.25) is 10.0 Å². The van der Waals surface area contributed by atoms with Gasteiger partial charge in [-0.25, -0.2) is 13.1 Å². The summed E-state index contributed by atoms with van der Waals surface area (Å²) in [5, 5.41) is 0. The van der Waals surface area contributed by atoms with Gasteiger partial charge in [0.15, 0.2) is 0 Å². The Morgan fingerprint density at radius 2 is 1.75 bits per heavy atom. The molecule has 0 bridgehead atoms. The van der Waals surface area contributed by atoms with Gasteiger partial charge < -0.3 is 4.74 Å². The molecule has 1 atom stereocenters. The Morgan fingerprint density at radius 1 is 1.08 bits per heavy atom. The van der Waals surface area contributed by atoms with Crippen LogP contribution in [0.5, 0.6) is 5.75 Å². The molecule has 0 radical (unpaired) electrons. The number of nitrogens with one attached hydrogen (secondary N) is 1. The lowest BCUT2D eigenvalue weighted by molar-refractivity contribution is -0.274. The molecule has 2 aromatic rings. The van der Waals surface area contributed by atoms with E-state index in [4.69, 9.17) is 0 Å². The fraction of sp³-hybridized carbons (Fsp3) is 0.250. The molecular formula is C16H16F3NO3S. The number of hydrogen-bond donors (Lipinski definition) is 1. The average molecular weight is 359 g/mol. The Morgan fingerprint density at radius 3 is 2.38 bits per heavy atom. The number of sulfonamides is 1. The summed E-state index contributed by atoms with van der Waals surface area (Å²) in [5.74, 6) is -0.589. The number of halogens is 3. The van der Waals surface area contributed by atoms with E-state index in [-0.39, 0.29) is 4.90 Å². The number of ether oxygens (including phenoxy) is 1. The molecule has 1 N–H and O–H groups in total. The summed E-state index contributed by atoms with van der Waals surface area (Å²) in [6.07, 6.45) is -4.88. The van der Waals surface area contributed by atoms with E-state index in [1.165, 1.54) is 12.1 Å². The van der Waals surface area contributed by atoms with Gasteiger partial charge in [-0.15, -0.1) is 13.2 Å². The fourth-order valence-electron chi connectivity index (χ4n) is 2.28. The highest BCUT2D eigenvalue weighted by Gasteiger charge is 2.31. The Kier molecular flexibility index (Phi) is 5.19. The highest BCUT2D eigenvalue weighted by atomic mass is 32.2. The van der Waals surface area contributed by atoms with Gasteiger partial charge in [0.25, 0.3) is 0 Å². The van der Waals surface area contributed by atoms with Crippen LogP contribution in [0.3, 0.4) is 0 Å². The molecule has 0 saturated carbocycles. The van der Waals surface area contributed by atoms with E-state index in [0.29, 0.717) is 0 Å². The van der Waals surface area contributed by atoms with Gasteiger partial charge in [0, 0.05) is 12.1 Å². The molecule has 0 fully saturated rings. The van der Waals surface area contributed by atoms with Crippen LogP contribution in [-0.4, -0.2) is 14.8 Å². The summed E-state index contributed by atoms with van der Waals surface area (Å²) < 4.78 is 67.8. The second-order valence-electron chi connectivity index (χ2n) is 5.22. The van der Waals surface area contributed by atoms with E-state index in [0.717, 1.165) is 23.3 Å². The van der Waals surface area contributed by atoms with Gasteiger partial charge in [-0.1, -0.05) is 30.3 Å². The number of alkyl halides is 3. The Hall–Kier alpha value is -2.06. The standard InChI is InChI=1S/C16H16F3NO3S/c1-11-6-3-4-9-15(11)12(2)20-24(21,22)14-8-5-7-13(10-14)23-16(17,18)19/h3-10,12,20H,1-2H3. The SMILES string of the molecule is Cc1ccccc1C(C)NS(=O)(=O)c1cccc(OC(F)(F)F)c1. The molecular weight excluding hydrogens is 343 g/mol. The van der Waals surface area contributed by atoms with Crippen molar-refractivity contribution in [1.29, 1.82) is 0 Å². The predicted octanol–water partition coefficient (Wildman–Crippen LogP) is 3.93. The molecule has 0 saturated heterocycles. The maximum absolute atomic E-state index is 12.4. The van der Waals surface area contributed by atoms with Crippen LogP contribution in [0.1, 0.15) is 24.1 Å². The largest absolute Gasteiger partial charge is 0.573 e. The van der Waals surface area contributed by atoms with Crippen LogP contribution in [0.2, 0.25) is 0 Å². The summed E-state index contributed by atoms with van der Waals surface area (Å²) in [6, 6.07) is 11.0. The zero-order chi connectivity index (χ0) is 18.0. The monoisotopic (exact) mass is 359 g/mol. The molecule has 0 heterocycles. The minimum Gasteiger partial charge on any atom is -0.406 e. The van der Waals surface area contributed by atoms with Crippen molar-refractivity contribution in [3.05, 3.63) is 59.7 Å². The number of rotatable bonds is 5. The smallest absolute Gasteiger partial charge is 0.406 e. The van der Waals surface area contributed by atoms with Crippen molar-refractivity contribution in [3.8, 4) is 5.75 Å². The normalized spacial score (nSPS) is 13.5. The highest BCUT2D eigenvalue weighted by Crippen LogP contribution is 2.26. The lowest BCUT2D eigenvalue weighted by Crippen LogP contribution is -2.27. The van der Waals surface area contributed by atoms with Crippen LogP contribution >= 0.6 is 0 Å². The molecule has 0 aromatic heterocycles. The fourth-order valence-corrected chi connectivity index (χ4v) is 3.53. The summed E-state index contributed by atoms with van der Waals surface area (Å²) in [6.45, 7) is 3.51. The topological polar surface area (TPSA) is 55.4 Å². The van der Waals surface area contributed by atoms with Crippen LogP contribution in [0.15, 0.2) is 53.4 Å². The van der Waals surface area contributed by atoms with E-state index in [2.05, 4.69) is 9.46 Å². The van der Waals surface area contributed by atoms with Gasteiger partial charge in [0.1, 0.15) is 5.75 Å². The molecule has 0 aliphatic heterocycles. The van der Waals surface area contributed by atoms with Gasteiger partial charge in [-0.05, 0) is 37.1 Å². The van der Waals surface area contributed by atoms with E-state index in [1.807, 2.05) is 19.1 Å². The third-order valence-corrected chi connectivity index (χ3v) is 4.87. The van der Waals surface area contributed by atoms with Crippen LogP contribution in [0.25, 0.3) is 0 Å². The van der Waals surface area contributed by atoms with Crippen molar-refractivity contribution >= 4 is 10.0 Å². The molecule has 130 valence electrons. The van der Waals surface area contributed by atoms with Gasteiger partial charge in [0.05, 0.1) is 4.90 Å². The van der Waals surface area contributed by atoms with Crippen LogP contribution < -0.4 is 9.46 Å². The average Bonchev–Trinajstić information content (AvgIpc) is 2.45. The minimum atomic E-state index is -4.88. The predicted molar refractivity (Wildman–Crippen MR) is 83.0 cm³/mol. The zero-order valence-electron chi connectivity index (χ0n) is 13.0. The lowest BCUT2D eigenvalue weighted by Gasteiger charge is -2.17. The minimum absolute atomic E-state index is 0.301. The maximum Gasteiger partial charge on any atom is 0.573 e. The quantitative estimate of drug-likeness (QED) is 0.880. The van der Waals surface area contributed by atoms with E-state index >= 15 is 0 Å². The molecule has 2 aromatic carbocycles. The summed E-state index contributed by atoms with van der Waals surface area (Å²) >= 11 is 0. The van der Waals surface area contributed by atoms with Crippen molar-refractivity contribution in [2.45, 2.75) is 31.1 Å². The van der Waals surface area contributed by atoms with E-state index in [1.54, 1.807) is 19.1 Å². The molecule has 0 aliphatic rings. The van der Waals surface area contributed by atoms with E-state index in [9.17, 15) is 21.6 Å². The summed E-state index contributed by atoms with van der Waals surface area (Å²) in [5.41, 5.74) is 1.69. The van der Waals surface area contributed by atoms with Crippen molar-refractivity contribution < 1.29 is 26.3 Å².